The van der Waals surface area contributed by atoms with E-state index in [-0.39, 0.29) is 5.56 Å². The number of ether oxygens (including phenoxy) is 1. The smallest absolute Gasteiger partial charge is 0.351 e. The SMILES string of the molecule is CCN1CCN(c2nc3ccc(OC(=O)c4cc5ccccc5oc4=O)cc3s2)CC1. The van der Waals surface area contributed by atoms with Gasteiger partial charge in [-0.3, -0.25) is 0 Å². The van der Waals surface area contributed by atoms with Crippen molar-refractivity contribution >= 4 is 43.6 Å². The second-order valence-electron chi connectivity index (χ2n) is 7.42. The highest BCUT2D eigenvalue weighted by molar-refractivity contribution is 7.22. The highest BCUT2D eigenvalue weighted by atomic mass is 32.1. The Bertz CT molecular complexity index is 1320. The van der Waals surface area contributed by atoms with Crippen LogP contribution in [0.3, 0.4) is 0 Å². The summed E-state index contributed by atoms with van der Waals surface area (Å²) in [5, 5.41) is 1.64. The van der Waals surface area contributed by atoms with E-state index in [0.717, 1.165) is 48.1 Å². The van der Waals surface area contributed by atoms with Gasteiger partial charge in [-0.15, -0.1) is 0 Å². The van der Waals surface area contributed by atoms with E-state index in [1.807, 2.05) is 12.1 Å². The van der Waals surface area contributed by atoms with Crippen molar-refractivity contribution in [3.8, 4) is 5.75 Å². The van der Waals surface area contributed by atoms with E-state index in [0.29, 0.717) is 16.7 Å². The van der Waals surface area contributed by atoms with Crippen LogP contribution in [0.15, 0.2) is 57.7 Å². The number of thiazole rings is 1. The number of piperazine rings is 1. The summed E-state index contributed by atoms with van der Waals surface area (Å²) in [6, 6.07) is 13.9. The fourth-order valence-electron chi connectivity index (χ4n) is 3.71. The molecule has 0 amide bonds. The molecule has 158 valence electrons. The molecule has 1 saturated heterocycles. The van der Waals surface area contributed by atoms with Gasteiger partial charge in [-0.05, 0) is 30.8 Å². The minimum atomic E-state index is -0.737. The molecule has 0 bridgehead atoms. The second kappa shape index (κ2) is 8.13. The Labute approximate surface area is 182 Å². The standard InChI is InChI=1S/C23H21N3O4S/c1-2-25-9-11-26(12-10-25)23-24-18-8-7-16(14-20(18)31-23)29-21(27)17-13-15-5-3-4-6-19(15)30-22(17)28/h3-8,13-14H,2,9-12H2,1H3. The average molecular weight is 436 g/mol. The molecule has 5 rings (SSSR count). The largest absolute Gasteiger partial charge is 0.423 e. The molecule has 8 heteroatoms. The molecule has 1 aliphatic rings. The molecule has 7 nitrogen and oxygen atoms in total. The molecular formula is C23H21N3O4S. The monoisotopic (exact) mass is 435 g/mol. The molecule has 0 radical (unpaired) electrons. The molecule has 1 aliphatic heterocycles. The Balaban J connectivity index is 1.37. The molecule has 1 fully saturated rings. The number of likely N-dealkylation sites (N-methyl/N-ethyl adjacent to an activating group) is 1. The Morgan fingerprint density at radius 1 is 1.13 bits per heavy atom. The van der Waals surface area contributed by atoms with Crippen molar-refractivity contribution < 1.29 is 13.9 Å². The van der Waals surface area contributed by atoms with E-state index < -0.39 is 11.6 Å². The summed E-state index contributed by atoms with van der Waals surface area (Å²) in [7, 11) is 0. The zero-order chi connectivity index (χ0) is 21.4. The van der Waals surface area contributed by atoms with Gasteiger partial charge in [0.2, 0.25) is 0 Å². The van der Waals surface area contributed by atoms with Crippen molar-refractivity contribution in [3.05, 3.63) is 64.5 Å². The molecule has 4 aromatic rings. The van der Waals surface area contributed by atoms with Crippen molar-refractivity contribution in [1.82, 2.24) is 9.88 Å². The van der Waals surface area contributed by atoms with Crippen LogP contribution in [0.2, 0.25) is 0 Å². The van der Waals surface area contributed by atoms with Gasteiger partial charge in [-0.25, -0.2) is 14.6 Å². The predicted octanol–water partition coefficient (Wildman–Crippen LogP) is 3.76. The summed E-state index contributed by atoms with van der Waals surface area (Å²) in [5.74, 6) is -0.365. The molecule has 3 heterocycles. The Morgan fingerprint density at radius 3 is 2.74 bits per heavy atom. The zero-order valence-electron chi connectivity index (χ0n) is 17.0. The number of carbonyl (C=O) groups is 1. The predicted molar refractivity (Wildman–Crippen MR) is 121 cm³/mol. The fraction of sp³-hybridized carbons (Fsp3) is 0.261. The van der Waals surface area contributed by atoms with Crippen molar-refractivity contribution in [2.75, 3.05) is 37.6 Å². The summed E-state index contributed by atoms with van der Waals surface area (Å²) >= 11 is 1.58. The summed E-state index contributed by atoms with van der Waals surface area (Å²) in [6.45, 7) is 7.21. The molecule has 0 aliphatic carbocycles. The van der Waals surface area contributed by atoms with E-state index in [2.05, 4.69) is 16.7 Å². The Hall–Kier alpha value is -3.23. The summed E-state index contributed by atoms with van der Waals surface area (Å²) in [5.41, 5.74) is 0.457. The van der Waals surface area contributed by atoms with Crippen molar-refractivity contribution in [2.24, 2.45) is 0 Å². The van der Waals surface area contributed by atoms with Crippen LogP contribution in [-0.4, -0.2) is 48.6 Å². The van der Waals surface area contributed by atoms with Gasteiger partial charge in [0.15, 0.2) is 5.13 Å². The van der Waals surface area contributed by atoms with Gasteiger partial charge in [0.05, 0.1) is 10.2 Å². The summed E-state index contributed by atoms with van der Waals surface area (Å²) < 4.78 is 11.7. The lowest BCUT2D eigenvalue weighted by Crippen LogP contribution is -2.46. The van der Waals surface area contributed by atoms with Crippen LogP contribution in [0, 0.1) is 0 Å². The zero-order valence-corrected chi connectivity index (χ0v) is 17.9. The number of carbonyl (C=O) groups excluding carboxylic acids is 1. The number of nitrogens with zero attached hydrogens (tertiary/aromatic N) is 3. The van der Waals surface area contributed by atoms with Crippen LogP contribution in [0.5, 0.6) is 5.75 Å². The van der Waals surface area contributed by atoms with Gasteiger partial charge in [-0.2, -0.15) is 0 Å². The van der Waals surface area contributed by atoms with Crippen molar-refractivity contribution in [2.45, 2.75) is 6.92 Å². The Kier molecular flexibility index (Phi) is 5.17. The summed E-state index contributed by atoms with van der Waals surface area (Å²) in [4.78, 5) is 34.3. The first kappa shape index (κ1) is 19.7. The number of fused-ring (bicyclic) bond motifs is 2. The van der Waals surface area contributed by atoms with Crippen LogP contribution in [0.4, 0.5) is 5.13 Å². The third kappa shape index (κ3) is 3.92. The van der Waals surface area contributed by atoms with Gasteiger partial charge in [0.1, 0.15) is 16.9 Å². The van der Waals surface area contributed by atoms with Gasteiger partial charge in [-0.1, -0.05) is 36.5 Å². The first-order valence-corrected chi connectivity index (χ1v) is 11.1. The van der Waals surface area contributed by atoms with Crippen LogP contribution in [0.25, 0.3) is 21.2 Å². The highest BCUT2D eigenvalue weighted by Crippen LogP contribution is 2.32. The number of rotatable bonds is 4. The van der Waals surface area contributed by atoms with Gasteiger partial charge < -0.3 is 19.0 Å². The van der Waals surface area contributed by atoms with Gasteiger partial charge >= 0.3 is 11.6 Å². The topological polar surface area (TPSA) is 75.9 Å². The molecule has 2 aromatic heterocycles. The third-order valence-corrected chi connectivity index (χ3v) is 6.59. The highest BCUT2D eigenvalue weighted by Gasteiger charge is 2.20. The number of anilines is 1. The van der Waals surface area contributed by atoms with E-state index in [1.54, 1.807) is 41.7 Å². The van der Waals surface area contributed by atoms with Crippen molar-refractivity contribution in [1.29, 1.82) is 0 Å². The first-order chi connectivity index (χ1) is 15.1. The lowest BCUT2D eigenvalue weighted by atomic mass is 10.2. The molecule has 0 N–H and O–H groups in total. The lowest BCUT2D eigenvalue weighted by Gasteiger charge is -2.33. The van der Waals surface area contributed by atoms with E-state index in [9.17, 15) is 9.59 Å². The number of aromatic nitrogens is 1. The van der Waals surface area contributed by atoms with Crippen LogP contribution >= 0.6 is 11.3 Å². The molecule has 2 aromatic carbocycles. The van der Waals surface area contributed by atoms with Gasteiger partial charge in [0, 0.05) is 37.6 Å². The molecule has 0 spiro atoms. The summed E-state index contributed by atoms with van der Waals surface area (Å²) in [6.07, 6.45) is 0. The minimum absolute atomic E-state index is 0.127. The third-order valence-electron chi connectivity index (χ3n) is 5.51. The maximum Gasteiger partial charge on any atom is 0.351 e. The van der Waals surface area contributed by atoms with Gasteiger partial charge in [0.25, 0.3) is 0 Å². The molecular weight excluding hydrogens is 414 g/mol. The molecule has 0 unspecified atom stereocenters. The van der Waals surface area contributed by atoms with Crippen LogP contribution < -0.4 is 15.3 Å². The van der Waals surface area contributed by atoms with E-state index >= 15 is 0 Å². The lowest BCUT2D eigenvalue weighted by molar-refractivity contribution is 0.0731. The normalized spacial score (nSPS) is 14.9. The second-order valence-corrected chi connectivity index (χ2v) is 8.43. The first-order valence-electron chi connectivity index (χ1n) is 10.2. The van der Waals surface area contributed by atoms with Crippen LogP contribution in [0.1, 0.15) is 17.3 Å². The quantitative estimate of drug-likeness (QED) is 0.274. The molecule has 0 atom stereocenters. The number of esters is 1. The maximum atomic E-state index is 12.6. The molecule has 31 heavy (non-hydrogen) atoms. The number of hydrogen-bond donors (Lipinski definition) is 0. The molecule has 0 saturated carbocycles. The number of para-hydroxylation sites is 1. The average Bonchev–Trinajstić information content (AvgIpc) is 3.22. The maximum absolute atomic E-state index is 12.6. The number of benzene rings is 2. The van der Waals surface area contributed by atoms with E-state index in [4.69, 9.17) is 14.1 Å². The van der Waals surface area contributed by atoms with E-state index in [1.165, 1.54) is 6.07 Å². The van der Waals surface area contributed by atoms with Crippen molar-refractivity contribution in [3.63, 3.8) is 0 Å². The minimum Gasteiger partial charge on any atom is -0.423 e. The Morgan fingerprint density at radius 2 is 1.94 bits per heavy atom. The van der Waals surface area contributed by atoms with Crippen LogP contribution in [-0.2, 0) is 0 Å². The number of hydrogen-bond acceptors (Lipinski definition) is 8. The fourth-order valence-corrected chi connectivity index (χ4v) is 4.76.